The Hall–Kier alpha value is -2.93. The maximum Gasteiger partial charge on any atom is 0.227 e. The molecule has 1 aliphatic heterocycles. The van der Waals surface area contributed by atoms with E-state index in [4.69, 9.17) is 16.1 Å². The molecule has 1 saturated heterocycles. The maximum atomic E-state index is 13.4. The maximum absolute atomic E-state index is 13.4. The average Bonchev–Trinajstić information content (AvgIpc) is 3.44. The van der Waals surface area contributed by atoms with Crippen molar-refractivity contribution in [2.24, 2.45) is 5.92 Å². The summed E-state index contributed by atoms with van der Waals surface area (Å²) < 4.78 is 18.7. The Morgan fingerprint density at radius 3 is 2.91 bits per heavy atom. The molecule has 2 heterocycles. The lowest BCUT2D eigenvalue weighted by Crippen LogP contribution is -2.31. The minimum absolute atomic E-state index is 0.0419. The Morgan fingerprint density at radius 1 is 1.25 bits per heavy atom. The molecule has 1 unspecified atom stereocenters. The smallest absolute Gasteiger partial charge is 0.227 e. The fraction of sp³-hybridized carbons (Fsp3) is 0.375. The second-order valence-corrected chi connectivity index (χ2v) is 8.75. The van der Waals surface area contributed by atoms with E-state index in [-0.39, 0.29) is 18.1 Å². The SMILES string of the molecule is Cc1cc(-c2noc(CCC(=O)NCC3CCN(c4cc(Cl)ccc4C)C3)n2)ccc1F. The Balaban J connectivity index is 1.23. The Morgan fingerprint density at radius 2 is 2.09 bits per heavy atom. The molecule has 0 radical (unpaired) electrons. The molecule has 0 spiro atoms. The third-order valence-corrected chi connectivity index (χ3v) is 6.07. The van der Waals surface area contributed by atoms with E-state index in [2.05, 4.69) is 27.3 Å². The normalized spacial score (nSPS) is 15.9. The zero-order chi connectivity index (χ0) is 22.7. The second kappa shape index (κ2) is 9.69. The van der Waals surface area contributed by atoms with Gasteiger partial charge < -0.3 is 14.7 Å². The number of aryl methyl sites for hydroxylation is 3. The van der Waals surface area contributed by atoms with Crippen LogP contribution in [-0.2, 0) is 11.2 Å². The molecular weight excluding hydrogens is 431 g/mol. The van der Waals surface area contributed by atoms with Crippen LogP contribution in [0.25, 0.3) is 11.4 Å². The van der Waals surface area contributed by atoms with Crippen molar-refractivity contribution < 1.29 is 13.7 Å². The molecule has 0 aliphatic carbocycles. The number of halogens is 2. The van der Waals surface area contributed by atoms with Crippen LogP contribution in [0.15, 0.2) is 40.9 Å². The first-order chi connectivity index (χ1) is 15.4. The predicted octanol–water partition coefficient (Wildman–Crippen LogP) is 4.72. The van der Waals surface area contributed by atoms with Gasteiger partial charge in [0.15, 0.2) is 0 Å². The molecule has 2 aromatic carbocycles. The largest absolute Gasteiger partial charge is 0.371 e. The number of carbonyl (C=O) groups is 1. The van der Waals surface area contributed by atoms with Crippen LogP contribution in [0.5, 0.6) is 0 Å². The van der Waals surface area contributed by atoms with Crippen LogP contribution >= 0.6 is 11.6 Å². The zero-order valence-corrected chi connectivity index (χ0v) is 19.0. The van der Waals surface area contributed by atoms with Crippen LogP contribution in [0.1, 0.15) is 29.9 Å². The number of benzene rings is 2. The molecule has 1 aromatic heterocycles. The number of rotatable bonds is 7. The van der Waals surface area contributed by atoms with Gasteiger partial charge in [-0.2, -0.15) is 4.98 Å². The second-order valence-electron chi connectivity index (χ2n) is 8.31. The summed E-state index contributed by atoms with van der Waals surface area (Å²) in [6.45, 7) is 6.25. The molecule has 1 aliphatic rings. The number of aromatic nitrogens is 2. The van der Waals surface area contributed by atoms with Crippen LogP contribution in [0.2, 0.25) is 5.02 Å². The van der Waals surface area contributed by atoms with Gasteiger partial charge >= 0.3 is 0 Å². The highest BCUT2D eigenvalue weighted by Crippen LogP contribution is 2.29. The van der Waals surface area contributed by atoms with Gasteiger partial charge in [0, 0.05) is 48.7 Å². The van der Waals surface area contributed by atoms with Gasteiger partial charge in [-0.05, 0) is 67.6 Å². The van der Waals surface area contributed by atoms with Gasteiger partial charge in [0.25, 0.3) is 0 Å². The lowest BCUT2D eigenvalue weighted by atomic mass is 10.1. The van der Waals surface area contributed by atoms with Crippen molar-refractivity contribution >= 4 is 23.2 Å². The molecule has 6 nitrogen and oxygen atoms in total. The van der Waals surface area contributed by atoms with Crippen molar-refractivity contribution in [3.05, 3.63) is 64.3 Å². The van der Waals surface area contributed by atoms with Crippen molar-refractivity contribution in [2.75, 3.05) is 24.5 Å². The van der Waals surface area contributed by atoms with E-state index in [9.17, 15) is 9.18 Å². The highest BCUT2D eigenvalue weighted by atomic mass is 35.5. The summed E-state index contributed by atoms with van der Waals surface area (Å²) in [6.07, 6.45) is 1.65. The summed E-state index contributed by atoms with van der Waals surface area (Å²) in [4.78, 5) is 19.0. The topological polar surface area (TPSA) is 71.3 Å². The summed E-state index contributed by atoms with van der Waals surface area (Å²) in [6, 6.07) is 10.6. The minimum atomic E-state index is -0.276. The predicted molar refractivity (Wildman–Crippen MR) is 122 cm³/mol. The van der Waals surface area contributed by atoms with Crippen molar-refractivity contribution in [2.45, 2.75) is 33.1 Å². The first kappa shape index (κ1) is 22.3. The van der Waals surface area contributed by atoms with Gasteiger partial charge in [-0.25, -0.2) is 4.39 Å². The van der Waals surface area contributed by atoms with E-state index in [0.717, 1.165) is 30.2 Å². The summed E-state index contributed by atoms with van der Waals surface area (Å²) in [5.41, 5.74) is 3.57. The fourth-order valence-corrected chi connectivity index (χ4v) is 4.13. The third kappa shape index (κ3) is 5.27. The molecule has 1 atom stereocenters. The van der Waals surface area contributed by atoms with Crippen LogP contribution in [-0.4, -0.2) is 35.7 Å². The molecule has 0 saturated carbocycles. The molecule has 1 fully saturated rings. The Bertz CT molecular complexity index is 1120. The quantitative estimate of drug-likeness (QED) is 0.557. The van der Waals surface area contributed by atoms with E-state index in [0.29, 0.717) is 41.7 Å². The highest BCUT2D eigenvalue weighted by molar-refractivity contribution is 6.30. The summed E-state index contributed by atoms with van der Waals surface area (Å²) in [7, 11) is 0. The zero-order valence-electron chi connectivity index (χ0n) is 18.2. The van der Waals surface area contributed by atoms with Crippen molar-refractivity contribution in [1.82, 2.24) is 15.5 Å². The first-order valence-electron chi connectivity index (χ1n) is 10.8. The van der Waals surface area contributed by atoms with E-state index >= 15 is 0 Å². The van der Waals surface area contributed by atoms with E-state index in [1.807, 2.05) is 18.2 Å². The van der Waals surface area contributed by atoms with Gasteiger partial charge in [0.05, 0.1) is 0 Å². The molecule has 1 N–H and O–H groups in total. The summed E-state index contributed by atoms with van der Waals surface area (Å²) in [5, 5.41) is 7.70. The van der Waals surface area contributed by atoms with Gasteiger partial charge in [-0.1, -0.05) is 22.8 Å². The summed E-state index contributed by atoms with van der Waals surface area (Å²) >= 11 is 6.15. The number of carbonyl (C=O) groups excluding carboxylic acids is 1. The minimum Gasteiger partial charge on any atom is -0.371 e. The van der Waals surface area contributed by atoms with Gasteiger partial charge in [-0.15, -0.1) is 0 Å². The number of anilines is 1. The number of amides is 1. The van der Waals surface area contributed by atoms with Gasteiger partial charge in [0.2, 0.25) is 17.6 Å². The molecular formula is C24H26ClFN4O2. The molecule has 4 rings (SSSR count). The van der Waals surface area contributed by atoms with Crippen LogP contribution in [0, 0.1) is 25.6 Å². The third-order valence-electron chi connectivity index (χ3n) is 5.84. The van der Waals surface area contributed by atoms with Gasteiger partial charge in [0.1, 0.15) is 5.82 Å². The molecule has 32 heavy (non-hydrogen) atoms. The molecule has 168 valence electrons. The lowest BCUT2D eigenvalue weighted by molar-refractivity contribution is -0.121. The molecule has 3 aromatic rings. The number of hydrogen-bond acceptors (Lipinski definition) is 5. The monoisotopic (exact) mass is 456 g/mol. The highest BCUT2D eigenvalue weighted by Gasteiger charge is 2.24. The molecule has 8 heteroatoms. The first-order valence-corrected chi connectivity index (χ1v) is 11.1. The van der Waals surface area contributed by atoms with Crippen LogP contribution in [0.3, 0.4) is 0 Å². The van der Waals surface area contributed by atoms with Crippen molar-refractivity contribution in [3.8, 4) is 11.4 Å². The van der Waals surface area contributed by atoms with Crippen LogP contribution in [0.4, 0.5) is 10.1 Å². The molecule has 1 amide bonds. The van der Waals surface area contributed by atoms with Crippen molar-refractivity contribution in [3.63, 3.8) is 0 Å². The van der Waals surface area contributed by atoms with Crippen molar-refractivity contribution in [1.29, 1.82) is 0 Å². The average molecular weight is 457 g/mol. The number of nitrogens with zero attached hydrogens (tertiary/aromatic N) is 3. The number of nitrogens with one attached hydrogen (secondary N) is 1. The van der Waals surface area contributed by atoms with Gasteiger partial charge in [-0.3, -0.25) is 4.79 Å². The Labute approximate surface area is 191 Å². The fourth-order valence-electron chi connectivity index (χ4n) is 3.97. The van der Waals surface area contributed by atoms with Crippen LogP contribution < -0.4 is 10.2 Å². The van der Waals surface area contributed by atoms with E-state index in [1.54, 1.807) is 19.1 Å². The number of hydrogen-bond donors (Lipinski definition) is 1. The Kier molecular flexibility index (Phi) is 6.74. The standard InChI is InChI=1S/C24H26ClFN4O2/c1-15-3-5-19(25)12-21(15)30-10-9-17(14-30)13-27-22(31)7-8-23-28-24(29-32-23)18-4-6-20(26)16(2)11-18/h3-6,11-12,17H,7-10,13-14H2,1-2H3,(H,27,31). The van der Waals surface area contributed by atoms with E-state index < -0.39 is 0 Å². The lowest BCUT2D eigenvalue weighted by Gasteiger charge is -2.21. The molecule has 0 bridgehead atoms. The van der Waals surface area contributed by atoms with E-state index in [1.165, 1.54) is 11.6 Å². The summed E-state index contributed by atoms with van der Waals surface area (Å²) in [5.74, 6) is 0.863.